The molecule has 0 aromatic heterocycles. The zero-order chi connectivity index (χ0) is 16.4. The van der Waals surface area contributed by atoms with Gasteiger partial charge in [0.2, 0.25) is 10.0 Å². The highest BCUT2D eigenvalue weighted by Crippen LogP contribution is 2.30. The van der Waals surface area contributed by atoms with E-state index in [9.17, 15) is 13.2 Å². The maximum Gasteiger partial charge on any atom is 0.337 e. The first-order valence-corrected chi connectivity index (χ1v) is 9.00. The van der Waals surface area contributed by atoms with E-state index < -0.39 is 16.0 Å². The van der Waals surface area contributed by atoms with Crippen LogP contribution < -0.4 is 4.72 Å². The van der Waals surface area contributed by atoms with Crippen molar-refractivity contribution in [3.8, 4) is 0 Å². The molecule has 0 fully saturated rings. The van der Waals surface area contributed by atoms with E-state index in [0.29, 0.717) is 0 Å². The maximum atomic E-state index is 12.3. The SMILES string of the molecule is CCC(C)C(C)NS(=O)(=O)c1cc(Br)c(Cl)c(C(=O)O)c1. The van der Waals surface area contributed by atoms with Gasteiger partial charge in [0.05, 0.1) is 15.5 Å². The second-order valence-corrected chi connectivity index (χ2v) is 7.81. The van der Waals surface area contributed by atoms with Gasteiger partial charge in [0.1, 0.15) is 0 Å². The summed E-state index contributed by atoms with van der Waals surface area (Å²) in [6.45, 7) is 5.68. The van der Waals surface area contributed by atoms with Gasteiger partial charge in [-0.2, -0.15) is 0 Å². The zero-order valence-corrected chi connectivity index (χ0v) is 15.0. The molecule has 5 nitrogen and oxygen atoms in total. The summed E-state index contributed by atoms with van der Waals surface area (Å²) in [5.41, 5.74) is -0.261. The van der Waals surface area contributed by atoms with Crippen molar-refractivity contribution < 1.29 is 18.3 Å². The Labute approximate surface area is 137 Å². The molecule has 118 valence electrons. The fourth-order valence-corrected chi connectivity index (χ4v) is 3.86. The lowest BCUT2D eigenvalue weighted by Crippen LogP contribution is -2.36. The summed E-state index contributed by atoms with van der Waals surface area (Å²) < 4.78 is 27.4. The van der Waals surface area contributed by atoms with Gasteiger partial charge in [-0.3, -0.25) is 0 Å². The number of hydrogen-bond acceptors (Lipinski definition) is 3. The maximum absolute atomic E-state index is 12.3. The van der Waals surface area contributed by atoms with E-state index in [1.165, 1.54) is 6.07 Å². The van der Waals surface area contributed by atoms with Gasteiger partial charge < -0.3 is 5.11 Å². The van der Waals surface area contributed by atoms with E-state index in [1.807, 2.05) is 13.8 Å². The molecule has 0 bridgehead atoms. The van der Waals surface area contributed by atoms with Crippen LogP contribution in [0.2, 0.25) is 5.02 Å². The molecular formula is C13H17BrClNO4S. The molecule has 0 heterocycles. The number of rotatable bonds is 6. The molecule has 21 heavy (non-hydrogen) atoms. The largest absolute Gasteiger partial charge is 0.478 e. The number of carbonyl (C=O) groups is 1. The van der Waals surface area contributed by atoms with Gasteiger partial charge >= 0.3 is 5.97 Å². The molecule has 0 spiro atoms. The Morgan fingerprint density at radius 1 is 1.43 bits per heavy atom. The molecule has 0 radical (unpaired) electrons. The summed E-state index contributed by atoms with van der Waals surface area (Å²) in [7, 11) is -3.81. The van der Waals surface area contributed by atoms with Gasteiger partial charge in [0, 0.05) is 10.5 Å². The molecule has 1 aromatic rings. The number of hydrogen-bond donors (Lipinski definition) is 2. The summed E-state index contributed by atoms with van der Waals surface area (Å²) in [5.74, 6) is -1.12. The molecule has 2 N–H and O–H groups in total. The van der Waals surface area contributed by atoms with E-state index in [1.54, 1.807) is 6.92 Å². The van der Waals surface area contributed by atoms with E-state index in [4.69, 9.17) is 16.7 Å². The van der Waals surface area contributed by atoms with Crippen LogP contribution in [-0.4, -0.2) is 25.5 Å². The van der Waals surface area contributed by atoms with E-state index in [0.717, 1.165) is 12.5 Å². The Bertz CT molecular complexity index is 648. The van der Waals surface area contributed by atoms with Crippen LogP contribution in [0, 0.1) is 5.92 Å². The van der Waals surface area contributed by atoms with Crippen LogP contribution in [0.1, 0.15) is 37.6 Å². The predicted molar refractivity (Wildman–Crippen MR) is 85.3 cm³/mol. The second kappa shape index (κ2) is 7.09. The van der Waals surface area contributed by atoms with Gasteiger partial charge in [-0.15, -0.1) is 0 Å². The highest BCUT2D eigenvalue weighted by molar-refractivity contribution is 9.10. The normalized spacial score (nSPS) is 14.7. The molecule has 1 rings (SSSR count). The highest BCUT2D eigenvalue weighted by Gasteiger charge is 2.24. The van der Waals surface area contributed by atoms with Gasteiger partial charge in [-0.25, -0.2) is 17.9 Å². The smallest absolute Gasteiger partial charge is 0.337 e. The molecule has 1 aromatic carbocycles. The van der Waals surface area contributed by atoms with E-state index in [2.05, 4.69) is 20.7 Å². The topological polar surface area (TPSA) is 83.5 Å². The van der Waals surface area contributed by atoms with Gasteiger partial charge in [0.25, 0.3) is 0 Å². The summed E-state index contributed by atoms with van der Waals surface area (Å²) in [6.07, 6.45) is 0.828. The molecule has 2 unspecified atom stereocenters. The van der Waals surface area contributed by atoms with E-state index in [-0.39, 0.29) is 31.9 Å². The summed E-state index contributed by atoms with van der Waals surface area (Å²) in [5, 5.41) is 9.04. The highest BCUT2D eigenvalue weighted by atomic mass is 79.9. The second-order valence-electron chi connectivity index (χ2n) is 4.87. The standard InChI is InChI=1S/C13H17BrClNO4S/c1-4-7(2)8(3)16-21(19,20)9-5-10(13(17)18)12(15)11(14)6-9/h5-8,16H,4H2,1-3H3,(H,17,18). The molecule has 0 aliphatic carbocycles. The third kappa shape index (κ3) is 4.42. The fourth-order valence-electron chi connectivity index (χ4n) is 1.66. The van der Waals surface area contributed by atoms with Crippen molar-refractivity contribution in [1.82, 2.24) is 4.72 Å². The summed E-state index contributed by atoms with van der Waals surface area (Å²) in [4.78, 5) is 11.0. The van der Waals surface area contributed by atoms with Crippen molar-refractivity contribution in [1.29, 1.82) is 0 Å². The number of aromatic carboxylic acids is 1. The number of halogens is 2. The molecule has 0 amide bonds. The lowest BCUT2D eigenvalue weighted by atomic mass is 10.0. The predicted octanol–water partition coefficient (Wildman–Crippen LogP) is 3.51. The van der Waals surface area contributed by atoms with Crippen molar-refractivity contribution in [2.45, 2.75) is 38.1 Å². The molecule has 0 saturated heterocycles. The number of sulfonamides is 1. The van der Waals surface area contributed by atoms with Crippen LogP contribution >= 0.6 is 27.5 Å². The molecule has 0 aliphatic heterocycles. The van der Waals surface area contributed by atoms with Crippen molar-refractivity contribution in [3.05, 3.63) is 27.2 Å². The Morgan fingerprint density at radius 3 is 2.48 bits per heavy atom. The molecule has 0 saturated carbocycles. The quantitative estimate of drug-likeness (QED) is 0.768. The summed E-state index contributed by atoms with van der Waals surface area (Å²) >= 11 is 8.92. The number of nitrogens with one attached hydrogen (secondary N) is 1. The van der Waals surface area contributed by atoms with Crippen molar-refractivity contribution >= 4 is 43.5 Å². The number of benzene rings is 1. The van der Waals surface area contributed by atoms with Crippen LogP contribution in [0.25, 0.3) is 0 Å². The Hall–Kier alpha value is -0.630. The van der Waals surface area contributed by atoms with Gasteiger partial charge in [0.15, 0.2) is 0 Å². The Kier molecular flexibility index (Phi) is 6.22. The fraction of sp³-hybridized carbons (Fsp3) is 0.462. The average Bonchev–Trinajstić information content (AvgIpc) is 2.39. The minimum absolute atomic E-state index is 0.0311. The average molecular weight is 399 g/mol. The first-order valence-electron chi connectivity index (χ1n) is 6.34. The lowest BCUT2D eigenvalue weighted by Gasteiger charge is -2.20. The number of carboxylic acid groups (broad SMARTS) is 1. The van der Waals surface area contributed by atoms with Crippen molar-refractivity contribution in [2.75, 3.05) is 0 Å². The van der Waals surface area contributed by atoms with Crippen molar-refractivity contribution in [3.63, 3.8) is 0 Å². The third-order valence-electron chi connectivity index (χ3n) is 3.38. The molecule has 2 atom stereocenters. The Balaban J connectivity index is 3.24. The molecule has 0 aliphatic rings. The molecular weight excluding hydrogens is 382 g/mol. The monoisotopic (exact) mass is 397 g/mol. The van der Waals surface area contributed by atoms with E-state index >= 15 is 0 Å². The third-order valence-corrected chi connectivity index (χ3v) is 6.18. The minimum atomic E-state index is -3.81. The van der Waals surface area contributed by atoms with Crippen LogP contribution in [0.5, 0.6) is 0 Å². The first kappa shape index (κ1) is 18.4. The summed E-state index contributed by atoms with van der Waals surface area (Å²) in [6, 6.07) is 2.09. The minimum Gasteiger partial charge on any atom is -0.478 e. The lowest BCUT2D eigenvalue weighted by molar-refractivity contribution is 0.0696. The zero-order valence-electron chi connectivity index (χ0n) is 11.9. The van der Waals surface area contributed by atoms with Crippen LogP contribution in [-0.2, 0) is 10.0 Å². The first-order chi connectivity index (χ1) is 9.60. The van der Waals surface area contributed by atoms with Gasteiger partial charge in [-0.05, 0) is 40.9 Å². The van der Waals surface area contributed by atoms with Crippen LogP contribution in [0.4, 0.5) is 0 Å². The van der Waals surface area contributed by atoms with Gasteiger partial charge in [-0.1, -0.05) is 31.9 Å². The van der Waals surface area contributed by atoms with Crippen LogP contribution in [0.15, 0.2) is 21.5 Å². The Morgan fingerprint density at radius 2 is 2.00 bits per heavy atom. The van der Waals surface area contributed by atoms with Crippen molar-refractivity contribution in [2.24, 2.45) is 5.92 Å². The van der Waals surface area contributed by atoms with Crippen LogP contribution in [0.3, 0.4) is 0 Å². The molecule has 8 heteroatoms. The number of carboxylic acids is 1.